The molecule has 9 rings (SSSR count). The lowest BCUT2D eigenvalue weighted by Crippen LogP contribution is -2.18. The second-order valence-electron chi connectivity index (χ2n) is 11.6. The van der Waals surface area contributed by atoms with Crippen molar-refractivity contribution >= 4 is 33.4 Å². The van der Waals surface area contributed by atoms with Crippen molar-refractivity contribution in [3.05, 3.63) is 163 Å². The van der Waals surface area contributed by atoms with Crippen LogP contribution in [-0.2, 0) is 0 Å². The number of aromatic nitrogens is 3. The van der Waals surface area contributed by atoms with Gasteiger partial charge in [0, 0.05) is 33.6 Å². The Hall–Kier alpha value is -5.87. The zero-order valence-corrected chi connectivity index (χ0v) is 24.3. The van der Waals surface area contributed by atoms with Crippen LogP contribution in [0.1, 0.15) is 23.1 Å². The molecule has 7 aromatic rings. The normalized spacial score (nSPS) is 16.8. The van der Waals surface area contributed by atoms with E-state index in [4.69, 9.17) is 19.4 Å². The molecule has 2 aliphatic carbocycles. The highest BCUT2D eigenvalue weighted by Crippen LogP contribution is 2.48. The van der Waals surface area contributed by atoms with Crippen LogP contribution in [0.5, 0.6) is 0 Å². The number of hydrogen-bond acceptors (Lipinski definition) is 4. The van der Waals surface area contributed by atoms with Gasteiger partial charge >= 0.3 is 0 Å². The van der Waals surface area contributed by atoms with Crippen LogP contribution in [0.3, 0.4) is 0 Å². The van der Waals surface area contributed by atoms with E-state index >= 15 is 0 Å². The Balaban J connectivity index is 1.16. The number of nitrogens with zero attached hydrogens (tertiary/aromatic N) is 3. The standard InChI is InChI=1S/C41H27N3O/c1-2-10-29(11-3-1)39-42-40(30-20-17-27(18-21-30)32-22-19-26-9-4-5-12-31(26)25-32)44-41(43-39)35-15-8-13-28-23-24-34-33-14-6-7-16-36(33)45-38(34)37(28)35/h1-25,28,37H. The third-order valence-corrected chi connectivity index (χ3v) is 8.91. The summed E-state index contributed by atoms with van der Waals surface area (Å²) in [6.45, 7) is 0. The van der Waals surface area contributed by atoms with Gasteiger partial charge in [-0.1, -0.05) is 140 Å². The van der Waals surface area contributed by atoms with Gasteiger partial charge in [-0.05, 0) is 34.0 Å². The van der Waals surface area contributed by atoms with Crippen LogP contribution in [0, 0.1) is 5.92 Å². The first-order chi connectivity index (χ1) is 22.3. The smallest absolute Gasteiger partial charge is 0.164 e. The molecule has 0 bridgehead atoms. The maximum atomic E-state index is 6.53. The quantitative estimate of drug-likeness (QED) is 0.209. The van der Waals surface area contributed by atoms with E-state index in [1.54, 1.807) is 0 Å². The molecule has 4 nitrogen and oxygen atoms in total. The molecule has 212 valence electrons. The Morgan fingerprint density at radius 3 is 2.04 bits per heavy atom. The summed E-state index contributed by atoms with van der Waals surface area (Å²) in [5.41, 5.74) is 7.28. The van der Waals surface area contributed by atoms with Gasteiger partial charge in [-0.2, -0.15) is 0 Å². The molecule has 5 aromatic carbocycles. The molecule has 2 unspecified atom stereocenters. The van der Waals surface area contributed by atoms with Crippen molar-refractivity contribution < 1.29 is 4.42 Å². The van der Waals surface area contributed by atoms with Gasteiger partial charge in [0.1, 0.15) is 11.3 Å². The third-order valence-electron chi connectivity index (χ3n) is 8.91. The minimum absolute atomic E-state index is 0.0310. The Kier molecular flexibility index (Phi) is 5.91. The van der Waals surface area contributed by atoms with Crippen molar-refractivity contribution in [3.8, 4) is 33.9 Å². The molecular weight excluding hydrogens is 550 g/mol. The van der Waals surface area contributed by atoms with Gasteiger partial charge in [0.05, 0.1) is 5.92 Å². The van der Waals surface area contributed by atoms with E-state index in [1.165, 1.54) is 16.3 Å². The predicted molar refractivity (Wildman–Crippen MR) is 182 cm³/mol. The van der Waals surface area contributed by atoms with Crippen molar-refractivity contribution in [2.75, 3.05) is 0 Å². The maximum absolute atomic E-state index is 6.53. The van der Waals surface area contributed by atoms with E-state index in [0.717, 1.165) is 44.6 Å². The highest BCUT2D eigenvalue weighted by molar-refractivity contribution is 5.92. The zero-order chi connectivity index (χ0) is 29.7. The first-order valence-electron chi connectivity index (χ1n) is 15.3. The van der Waals surface area contributed by atoms with Crippen molar-refractivity contribution in [2.24, 2.45) is 5.92 Å². The van der Waals surface area contributed by atoms with E-state index in [2.05, 4.69) is 109 Å². The summed E-state index contributed by atoms with van der Waals surface area (Å²) in [5, 5.41) is 3.59. The minimum atomic E-state index is -0.0310. The van der Waals surface area contributed by atoms with Crippen LogP contribution in [0.2, 0.25) is 0 Å². The molecule has 0 fully saturated rings. The van der Waals surface area contributed by atoms with E-state index in [-0.39, 0.29) is 11.8 Å². The van der Waals surface area contributed by atoms with Crippen LogP contribution in [0.15, 0.2) is 150 Å². The molecule has 4 heteroatoms. The van der Waals surface area contributed by atoms with Crippen LogP contribution < -0.4 is 0 Å². The summed E-state index contributed by atoms with van der Waals surface area (Å²) in [6.07, 6.45) is 10.9. The SMILES string of the molecule is C1=CC2C=Cc3c(oc4ccccc34)C2C(c2nc(-c3ccccc3)nc(-c3ccc(-c4ccc5ccccc5c4)cc3)n2)=C1. The lowest BCUT2D eigenvalue weighted by Gasteiger charge is -2.28. The third kappa shape index (κ3) is 4.42. The summed E-state index contributed by atoms with van der Waals surface area (Å²) in [5.74, 6) is 3.04. The predicted octanol–water partition coefficient (Wildman–Crippen LogP) is 10.2. The second kappa shape index (κ2) is 10.4. The van der Waals surface area contributed by atoms with Crippen LogP contribution in [0.25, 0.3) is 67.3 Å². The Bertz CT molecular complexity index is 2330. The average molecular weight is 578 g/mol. The number of hydrogen-bond donors (Lipinski definition) is 0. The maximum Gasteiger partial charge on any atom is 0.164 e. The number of allylic oxidation sites excluding steroid dienone is 5. The summed E-state index contributed by atoms with van der Waals surface area (Å²) >= 11 is 0. The number of rotatable bonds is 4. The summed E-state index contributed by atoms with van der Waals surface area (Å²) in [7, 11) is 0. The van der Waals surface area contributed by atoms with Crippen molar-refractivity contribution in [1.29, 1.82) is 0 Å². The molecule has 2 aliphatic rings. The van der Waals surface area contributed by atoms with Crippen molar-refractivity contribution in [3.63, 3.8) is 0 Å². The number of furan rings is 1. The minimum Gasteiger partial charge on any atom is -0.460 e. The molecule has 45 heavy (non-hydrogen) atoms. The monoisotopic (exact) mass is 577 g/mol. The van der Waals surface area contributed by atoms with Gasteiger partial charge in [0.25, 0.3) is 0 Å². The molecule has 2 heterocycles. The van der Waals surface area contributed by atoms with E-state index in [1.807, 2.05) is 42.5 Å². The molecule has 0 aliphatic heterocycles. The molecule has 0 saturated heterocycles. The molecule has 0 amide bonds. The topological polar surface area (TPSA) is 51.8 Å². The molecule has 2 aromatic heterocycles. The fourth-order valence-corrected chi connectivity index (χ4v) is 6.64. The van der Waals surface area contributed by atoms with Crippen LogP contribution in [0.4, 0.5) is 0 Å². The van der Waals surface area contributed by atoms with Gasteiger partial charge in [-0.25, -0.2) is 15.0 Å². The Morgan fingerprint density at radius 1 is 0.533 bits per heavy atom. The zero-order valence-electron chi connectivity index (χ0n) is 24.3. The first kappa shape index (κ1) is 25.6. The summed E-state index contributed by atoms with van der Waals surface area (Å²) in [4.78, 5) is 15.2. The van der Waals surface area contributed by atoms with Crippen LogP contribution >= 0.6 is 0 Å². The highest BCUT2D eigenvalue weighted by Gasteiger charge is 2.36. The molecule has 0 radical (unpaired) electrons. The number of para-hydroxylation sites is 1. The second-order valence-corrected chi connectivity index (χ2v) is 11.6. The molecular formula is C41H27N3O. The van der Waals surface area contributed by atoms with Crippen molar-refractivity contribution in [1.82, 2.24) is 15.0 Å². The highest BCUT2D eigenvalue weighted by atomic mass is 16.3. The number of fused-ring (bicyclic) bond motifs is 6. The Labute approximate surface area is 260 Å². The van der Waals surface area contributed by atoms with Gasteiger partial charge in [-0.15, -0.1) is 0 Å². The summed E-state index contributed by atoms with van der Waals surface area (Å²) < 4.78 is 6.53. The fraction of sp³-hybridized carbons (Fsp3) is 0.0488. The average Bonchev–Trinajstić information content (AvgIpc) is 3.50. The fourth-order valence-electron chi connectivity index (χ4n) is 6.64. The number of benzene rings is 5. The van der Waals surface area contributed by atoms with Gasteiger partial charge in [-0.3, -0.25) is 0 Å². The van der Waals surface area contributed by atoms with Gasteiger partial charge in [0.15, 0.2) is 17.5 Å². The Morgan fingerprint density at radius 2 is 1.20 bits per heavy atom. The van der Waals surface area contributed by atoms with E-state index in [9.17, 15) is 0 Å². The first-order valence-corrected chi connectivity index (χ1v) is 15.3. The largest absolute Gasteiger partial charge is 0.460 e. The van der Waals surface area contributed by atoms with E-state index < -0.39 is 0 Å². The van der Waals surface area contributed by atoms with Gasteiger partial charge in [0.2, 0.25) is 0 Å². The van der Waals surface area contributed by atoms with Gasteiger partial charge < -0.3 is 4.42 Å². The molecule has 2 atom stereocenters. The lowest BCUT2D eigenvalue weighted by molar-refractivity contribution is 0.497. The lowest BCUT2D eigenvalue weighted by atomic mass is 9.75. The molecule has 0 saturated carbocycles. The van der Waals surface area contributed by atoms with Crippen molar-refractivity contribution in [2.45, 2.75) is 5.92 Å². The molecule has 0 N–H and O–H groups in total. The summed E-state index contributed by atoms with van der Waals surface area (Å²) in [6, 6.07) is 41.9. The van der Waals surface area contributed by atoms with E-state index in [0.29, 0.717) is 17.5 Å². The molecule has 0 spiro atoms. The van der Waals surface area contributed by atoms with Crippen LogP contribution in [-0.4, -0.2) is 15.0 Å².